The van der Waals surface area contributed by atoms with Gasteiger partial charge in [0.2, 0.25) is 0 Å². The van der Waals surface area contributed by atoms with Gasteiger partial charge in [-0.15, -0.1) is 0 Å². The number of aliphatic carboxylic acids is 1. The molecule has 0 aliphatic heterocycles. The van der Waals surface area contributed by atoms with E-state index in [9.17, 15) is 4.79 Å². The average Bonchev–Trinajstić information content (AvgIpc) is 2.16. The monoisotopic (exact) mass is 204 g/mol. The van der Waals surface area contributed by atoms with Crippen LogP contribution in [0.15, 0.2) is 0 Å². The number of aliphatic hydroxyl groups excluding tert-OH is 1. The number of carbonyl (C=O) groups is 1. The van der Waals surface area contributed by atoms with Crippen molar-refractivity contribution < 1.29 is 15.0 Å². The van der Waals surface area contributed by atoms with E-state index in [1.807, 2.05) is 0 Å². The average molecular weight is 204 g/mol. The number of nitrogens with one attached hydrogen (secondary N) is 1. The van der Waals surface area contributed by atoms with E-state index < -0.39 is 12.0 Å². The Kier molecular flexibility index (Phi) is 8.51. The molecule has 0 aromatic rings. The number of carboxylic acid groups (broad SMARTS) is 1. The molecule has 1 atom stereocenters. The summed E-state index contributed by atoms with van der Waals surface area (Å²) in [7, 11) is 0. The lowest BCUT2D eigenvalue weighted by molar-refractivity contribution is -0.138. The molecule has 0 saturated heterocycles. The molecule has 0 aromatic heterocycles. The summed E-state index contributed by atoms with van der Waals surface area (Å²) in [6.07, 6.45) is 3.90. The summed E-state index contributed by atoms with van der Waals surface area (Å²) in [6.45, 7) is 1.35. The maximum atomic E-state index is 10.3. The molecule has 0 aliphatic rings. The lowest BCUT2D eigenvalue weighted by atomic mass is 10.2. The third-order valence-electron chi connectivity index (χ3n) is 1.94. The summed E-state index contributed by atoms with van der Waals surface area (Å²) in [4.78, 5) is 10.3. The van der Waals surface area contributed by atoms with Crippen LogP contribution in [0.4, 0.5) is 0 Å². The van der Waals surface area contributed by atoms with Crippen LogP contribution in [-0.2, 0) is 4.79 Å². The third-order valence-corrected chi connectivity index (χ3v) is 1.94. The van der Waals surface area contributed by atoms with E-state index >= 15 is 0 Å². The molecular formula is C9H20N2O3. The molecule has 0 heterocycles. The highest BCUT2D eigenvalue weighted by Gasteiger charge is 2.09. The zero-order chi connectivity index (χ0) is 10.8. The lowest BCUT2D eigenvalue weighted by Crippen LogP contribution is -2.40. The van der Waals surface area contributed by atoms with Gasteiger partial charge in [-0.2, -0.15) is 0 Å². The van der Waals surface area contributed by atoms with Crippen LogP contribution < -0.4 is 11.1 Å². The van der Waals surface area contributed by atoms with Gasteiger partial charge in [0.25, 0.3) is 0 Å². The van der Waals surface area contributed by atoms with Crippen molar-refractivity contribution in [1.29, 1.82) is 0 Å². The second kappa shape index (κ2) is 8.93. The van der Waals surface area contributed by atoms with Gasteiger partial charge in [0.05, 0.1) is 0 Å². The summed E-state index contributed by atoms with van der Waals surface area (Å²) in [5, 5.41) is 19.9. The highest BCUT2D eigenvalue weighted by Crippen LogP contribution is 1.97. The first-order valence-electron chi connectivity index (χ1n) is 4.98. The second-order valence-electron chi connectivity index (χ2n) is 3.29. The standard InChI is InChI=1S/C9H20N2O3/c10-8(9(13)14)7-11-5-3-1-2-4-6-12/h8,11-12H,1-7,10H2,(H,13,14). The Morgan fingerprint density at radius 2 is 1.93 bits per heavy atom. The first-order chi connectivity index (χ1) is 6.68. The van der Waals surface area contributed by atoms with Crippen LogP contribution in [0.3, 0.4) is 0 Å². The molecule has 14 heavy (non-hydrogen) atoms. The molecule has 5 N–H and O–H groups in total. The van der Waals surface area contributed by atoms with Gasteiger partial charge in [-0.25, -0.2) is 0 Å². The van der Waals surface area contributed by atoms with E-state index in [1.54, 1.807) is 0 Å². The van der Waals surface area contributed by atoms with Crippen molar-refractivity contribution in [3.05, 3.63) is 0 Å². The molecule has 0 aliphatic carbocycles. The number of hydrogen-bond donors (Lipinski definition) is 4. The summed E-state index contributed by atoms with van der Waals surface area (Å²) in [5.41, 5.74) is 5.28. The number of rotatable bonds is 9. The molecule has 0 amide bonds. The molecular weight excluding hydrogens is 184 g/mol. The van der Waals surface area contributed by atoms with Crippen molar-refractivity contribution in [2.45, 2.75) is 31.7 Å². The Labute approximate surface area is 84.3 Å². The normalized spacial score (nSPS) is 12.7. The van der Waals surface area contributed by atoms with E-state index in [4.69, 9.17) is 15.9 Å². The molecule has 0 radical (unpaired) electrons. The molecule has 0 rings (SSSR count). The van der Waals surface area contributed by atoms with Crippen molar-refractivity contribution >= 4 is 5.97 Å². The van der Waals surface area contributed by atoms with E-state index in [0.29, 0.717) is 6.54 Å². The minimum atomic E-state index is -0.974. The zero-order valence-corrected chi connectivity index (χ0v) is 8.41. The summed E-state index contributed by atoms with van der Waals surface area (Å²) >= 11 is 0. The molecule has 0 bridgehead atoms. The van der Waals surface area contributed by atoms with E-state index in [1.165, 1.54) is 0 Å². The van der Waals surface area contributed by atoms with Gasteiger partial charge in [0.1, 0.15) is 6.04 Å². The van der Waals surface area contributed by atoms with Crippen LogP contribution in [-0.4, -0.2) is 41.9 Å². The minimum absolute atomic E-state index is 0.247. The summed E-state index contributed by atoms with van der Waals surface area (Å²) in [5.74, 6) is -0.974. The Hall–Kier alpha value is -0.650. The fraction of sp³-hybridized carbons (Fsp3) is 0.889. The minimum Gasteiger partial charge on any atom is -0.480 e. The van der Waals surface area contributed by atoms with Crippen molar-refractivity contribution in [2.75, 3.05) is 19.7 Å². The van der Waals surface area contributed by atoms with Crippen LogP contribution in [0.1, 0.15) is 25.7 Å². The molecule has 1 unspecified atom stereocenters. The molecule has 0 saturated carbocycles. The van der Waals surface area contributed by atoms with Crippen molar-refractivity contribution in [2.24, 2.45) is 5.73 Å². The van der Waals surface area contributed by atoms with Crippen LogP contribution >= 0.6 is 0 Å². The maximum Gasteiger partial charge on any atom is 0.321 e. The largest absolute Gasteiger partial charge is 0.480 e. The van der Waals surface area contributed by atoms with Crippen LogP contribution in [0.5, 0.6) is 0 Å². The van der Waals surface area contributed by atoms with Crippen LogP contribution in [0.25, 0.3) is 0 Å². The number of nitrogens with two attached hydrogens (primary N) is 1. The Balaban J connectivity index is 3.09. The predicted molar refractivity (Wildman–Crippen MR) is 54.0 cm³/mol. The van der Waals surface area contributed by atoms with Gasteiger partial charge >= 0.3 is 5.97 Å². The fourth-order valence-corrected chi connectivity index (χ4v) is 1.06. The fourth-order valence-electron chi connectivity index (χ4n) is 1.06. The smallest absolute Gasteiger partial charge is 0.321 e. The molecule has 0 aromatic carbocycles. The highest BCUT2D eigenvalue weighted by atomic mass is 16.4. The molecule has 0 spiro atoms. The Morgan fingerprint density at radius 3 is 2.50 bits per heavy atom. The molecule has 84 valence electrons. The predicted octanol–water partition coefficient (Wildman–Crippen LogP) is -0.459. The Morgan fingerprint density at radius 1 is 1.29 bits per heavy atom. The number of aliphatic hydroxyl groups is 1. The van der Waals surface area contributed by atoms with Gasteiger partial charge in [-0.3, -0.25) is 4.79 Å². The SMILES string of the molecule is NC(CNCCCCCCO)C(=O)O. The van der Waals surface area contributed by atoms with Gasteiger partial charge in [-0.1, -0.05) is 12.8 Å². The third kappa shape index (κ3) is 7.97. The van der Waals surface area contributed by atoms with E-state index in [2.05, 4.69) is 5.32 Å². The topological polar surface area (TPSA) is 95.6 Å². The van der Waals surface area contributed by atoms with Gasteiger partial charge in [0, 0.05) is 13.2 Å². The van der Waals surface area contributed by atoms with Crippen molar-refractivity contribution in [3.8, 4) is 0 Å². The molecule has 5 heteroatoms. The first kappa shape index (κ1) is 13.4. The number of hydrogen-bond acceptors (Lipinski definition) is 4. The van der Waals surface area contributed by atoms with Crippen molar-refractivity contribution in [1.82, 2.24) is 5.32 Å². The van der Waals surface area contributed by atoms with Crippen LogP contribution in [0.2, 0.25) is 0 Å². The highest BCUT2D eigenvalue weighted by molar-refractivity contribution is 5.73. The second-order valence-corrected chi connectivity index (χ2v) is 3.29. The summed E-state index contributed by atoms with van der Waals surface area (Å²) < 4.78 is 0. The number of carboxylic acids is 1. The lowest BCUT2D eigenvalue weighted by Gasteiger charge is -2.07. The summed E-state index contributed by atoms with van der Waals surface area (Å²) in [6, 6.07) is -0.813. The molecule has 0 fully saturated rings. The molecule has 5 nitrogen and oxygen atoms in total. The van der Waals surface area contributed by atoms with E-state index in [0.717, 1.165) is 32.2 Å². The first-order valence-corrected chi connectivity index (χ1v) is 4.98. The number of unbranched alkanes of at least 4 members (excludes halogenated alkanes) is 3. The van der Waals surface area contributed by atoms with Gasteiger partial charge < -0.3 is 21.3 Å². The van der Waals surface area contributed by atoms with Crippen LogP contribution in [0, 0.1) is 0 Å². The van der Waals surface area contributed by atoms with Gasteiger partial charge in [0.15, 0.2) is 0 Å². The quantitative estimate of drug-likeness (QED) is 0.381. The zero-order valence-electron chi connectivity index (χ0n) is 8.41. The van der Waals surface area contributed by atoms with E-state index in [-0.39, 0.29) is 6.61 Å². The van der Waals surface area contributed by atoms with Crippen molar-refractivity contribution in [3.63, 3.8) is 0 Å². The van der Waals surface area contributed by atoms with Gasteiger partial charge in [-0.05, 0) is 19.4 Å². The maximum absolute atomic E-state index is 10.3. The Bertz CT molecular complexity index is 153.